The van der Waals surface area contributed by atoms with Gasteiger partial charge in [0, 0.05) is 24.5 Å². The summed E-state index contributed by atoms with van der Waals surface area (Å²) in [7, 11) is 4.10. The Bertz CT molecular complexity index is 408. The highest BCUT2D eigenvalue weighted by atomic mass is 16.1. The Kier molecular flexibility index (Phi) is 5.76. The molecule has 1 unspecified atom stereocenters. The van der Waals surface area contributed by atoms with Crippen molar-refractivity contribution >= 4 is 11.6 Å². The number of carbonyl (C=O) groups is 1. The molecule has 0 saturated heterocycles. The third-order valence-corrected chi connectivity index (χ3v) is 2.72. The molecule has 0 fully saturated rings. The molecule has 1 aromatic rings. The van der Waals surface area contributed by atoms with E-state index in [2.05, 4.69) is 43.1 Å². The van der Waals surface area contributed by atoms with E-state index in [9.17, 15) is 4.79 Å². The Balaban J connectivity index is 2.77. The fourth-order valence-electron chi connectivity index (χ4n) is 2.08. The molecule has 0 aliphatic rings. The van der Waals surface area contributed by atoms with Gasteiger partial charge < -0.3 is 16.0 Å². The molecule has 0 saturated carbocycles. The summed E-state index contributed by atoms with van der Waals surface area (Å²) in [6, 6.07) is 3.89. The number of nitrogens with one attached hydrogen (secondary N) is 1. The summed E-state index contributed by atoms with van der Waals surface area (Å²) < 4.78 is 0. The summed E-state index contributed by atoms with van der Waals surface area (Å²) in [6.45, 7) is 5.34. The maximum absolute atomic E-state index is 11.1. The average molecular weight is 264 g/mol. The molecule has 106 valence electrons. The monoisotopic (exact) mass is 264 g/mol. The van der Waals surface area contributed by atoms with E-state index in [0.717, 1.165) is 18.7 Å². The molecule has 0 radical (unpaired) electrons. The average Bonchev–Trinajstić information content (AvgIpc) is 2.27. The number of hydrogen-bond donors (Lipinski definition) is 2. The van der Waals surface area contributed by atoms with Crippen LogP contribution in [0.2, 0.25) is 0 Å². The molecular formula is C14H24N4O. The van der Waals surface area contributed by atoms with Crippen molar-refractivity contribution in [1.29, 1.82) is 0 Å². The molecule has 1 aromatic heterocycles. The van der Waals surface area contributed by atoms with Crippen molar-refractivity contribution in [3.05, 3.63) is 24.0 Å². The normalized spacial score (nSPS) is 12.7. The quantitative estimate of drug-likeness (QED) is 0.784. The molecule has 1 amide bonds. The molecule has 1 atom stereocenters. The summed E-state index contributed by atoms with van der Waals surface area (Å²) in [5.41, 5.74) is 6.41. The van der Waals surface area contributed by atoms with E-state index in [4.69, 9.17) is 5.73 Å². The van der Waals surface area contributed by atoms with Crippen LogP contribution < -0.4 is 11.1 Å². The van der Waals surface area contributed by atoms with Gasteiger partial charge in [0.05, 0.1) is 0 Å². The van der Waals surface area contributed by atoms with Gasteiger partial charge in [0.1, 0.15) is 5.69 Å². The Labute approximate surface area is 115 Å². The van der Waals surface area contributed by atoms with E-state index >= 15 is 0 Å². The number of anilines is 1. The van der Waals surface area contributed by atoms with Crippen molar-refractivity contribution in [2.24, 2.45) is 11.7 Å². The van der Waals surface area contributed by atoms with E-state index < -0.39 is 5.91 Å². The Morgan fingerprint density at radius 3 is 2.68 bits per heavy atom. The number of carbonyl (C=O) groups excluding carboxylic acids is 1. The largest absolute Gasteiger partial charge is 0.381 e. The minimum atomic E-state index is -0.503. The number of primary amides is 1. The molecule has 0 bridgehead atoms. The van der Waals surface area contributed by atoms with E-state index in [1.54, 1.807) is 12.3 Å². The molecule has 3 N–H and O–H groups in total. The van der Waals surface area contributed by atoms with Gasteiger partial charge in [0.15, 0.2) is 0 Å². The third-order valence-electron chi connectivity index (χ3n) is 2.72. The van der Waals surface area contributed by atoms with Crippen molar-refractivity contribution in [3.8, 4) is 0 Å². The molecule has 19 heavy (non-hydrogen) atoms. The minimum Gasteiger partial charge on any atom is -0.381 e. The highest BCUT2D eigenvalue weighted by Crippen LogP contribution is 2.14. The first-order valence-electron chi connectivity index (χ1n) is 6.55. The van der Waals surface area contributed by atoms with Gasteiger partial charge in [-0.1, -0.05) is 13.8 Å². The van der Waals surface area contributed by atoms with E-state index in [1.165, 1.54) is 0 Å². The van der Waals surface area contributed by atoms with Crippen LogP contribution in [0.1, 0.15) is 30.8 Å². The van der Waals surface area contributed by atoms with Gasteiger partial charge in [-0.15, -0.1) is 0 Å². The first-order valence-corrected chi connectivity index (χ1v) is 6.55. The second-order valence-corrected chi connectivity index (χ2v) is 5.53. The summed E-state index contributed by atoms with van der Waals surface area (Å²) >= 11 is 0. The van der Waals surface area contributed by atoms with Gasteiger partial charge in [-0.05, 0) is 38.6 Å². The van der Waals surface area contributed by atoms with Gasteiger partial charge in [-0.3, -0.25) is 9.78 Å². The number of rotatable bonds is 7. The number of nitrogens with two attached hydrogens (primary N) is 1. The predicted octanol–water partition coefficient (Wildman–Crippen LogP) is 1.57. The maximum Gasteiger partial charge on any atom is 0.267 e. The van der Waals surface area contributed by atoms with E-state index in [0.29, 0.717) is 12.0 Å². The standard InChI is InChI=1S/C14H24N4O/c1-10(2)7-12(9-18(3)4)17-11-5-6-16-13(8-11)14(15)19/h5-6,8,10,12H,7,9H2,1-4H3,(H2,15,19)(H,16,17). The molecule has 0 aliphatic carbocycles. The lowest BCUT2D eigenvalue weighted by molar-refractivity contribution is 0.0995. The molecule has 1 rings (SSSR count). The van der Waals surface area contributed by atoms with Crippen LogP contribution in [0.25, 0.3) is 0 Å². The van der Waals surface area contributed by atoms with Crippen molar-refractivity contribution < 1.29 is 4.79 Å². The van der Waals surface area contributed by atoms with Crippen LogP contribution >= 0.6 is 0 Å². The summed E-state index contributed by atoms with van der Waals surface area (Å²) in [5, 5.41) is 3.45. The maximum atomic E-state index is 11.1. The smallest absolute Gasteiger partial charge is 0.267 e. The van der Waals surface area contributed by atoms with Crippen molar-refractivity contribution in [1.82, 2.24) is 9.88 Å². The highest BCUT2D eigenvalue weighted by Gasteiger charge is 2.13. The first-order chi connectivity index (χ1) is 8.88. The number of pyridine rings is 1. The highest BCUT2D eigenvalue weighted by molar-refractivity contribution is 5.91. The van der Waals surface area contributed by atoms with Crippen LogP contribution in [0.3, 0.4) is 0 Å². The summed E-state index contributed by atoms with van der Waals surface area (Å²) in [6.07, 6.45) is 2.66. The van der Waals surface area contributed by atoms with Gasteiger partial charge in [0.25, 0.3) is 5.91 Å². The van der Waals surface area contributed by atoms with Crippen LogP contribution in [-0.2, 0) is 0 Å². The Hall–Kier alpha value is -1.62. The van der Waals surface area contributed by atoms with E-state index in [1.807, 2.05) is 6.07 Å². The molecular weight excluding hydrogens is 240 g/mol. The van der Waals surface area contributed by atoms with Gasteiger partial charge in [-0.25, -0.2) is 0 Å². The zero-order valence-electron chi connectivity index (χ0n) is 12.2. The zero-order chi connectivity index (χ0) is 14.4. The van der Waals surface area contributed by atoms with Crippen LogP contribution in [0, 0.1) is 5.92 Å². The lowest BCUT2D eigenvalue weighted by atomic mass is 10.0. The van der Waals surface area contributed by atoms with Gasteiger partial charge >= 0.3 is 0 Å². The number of hydrogen-bond acceptors (Lipinski definition) is 4. The molecule has 0 spiro atoms. The molecule has 5 nitrogen and oxygen atoms in total. The van der Waals surface area contributed by atoms with Crippen LogP contribution in [-0.4, -0.2) is 42.5 Å². The second kappa shape index (κ2) is 7.09. The Morgan fingerprint density at radius 2 is 2.16 bits per heavy atom. The van der Waals surface area contributed by atoms with Crippen LogP contribution in [0.5, 0.6) is 0 Å². The van der Waals surface area contributed by atoms with Gasteiger partial charge in [0.2, 0.25) is 0 Å². The lowest BCUT2D eigenvalue weighted by Crippen LogP contribution is -2.33. The third kappa shape index (κ3) is 5.70. The number of aromatic nitrogens is 1. The first kappa shape index (κ1) is 15.4. The number of likely N-dealkylation sites (N-methyl/N-ethyl adjacent to an activating group) is 1. The zero-order valence-corrected chi connectivity index (χ0v) is 12.2. The molecule has 1 heterocycles. The summed E-state index contributed by atoms with van der Waals surface area (Å²) in [5.74, 6) is 0.103. The fourth-order valence-corrected chi connectivity index (χ4v) is 2.08. The predicted molar refractivity (Wildman–Crippen MR) is 78.2 cm³/mol. The van der Waals surface area contributed by atoms with Crippen molar-refractivity contribution in [2.45, 2.75) is 26.3 Å². The van der Waals surface area contributed by atoms with Crippen molar-refractivity contribution in [3.63, 3.8) is 0 Å². The Morgan fingerprint density at radius 1 is 1.47 bits per heavy atom. The fraction of sp³-hybridized carbons (Fsp3) is 0.571. The van der Waals surface area contributed by atoms with Gasteiger partial charge in [-0.2, -0.15) is 0 Å². The number of nitrogens with zero attached hydrogens (tertiary/aromatic N) is 2. The SMILES string of the molecule is CC(C)CC(CN(C)C)Nc1ccnc(C(N)=O)c1. The van der Waals surface area contributed by atoms with Crippen molar-refractivity contribution in [2.75, 3.05) is 26.0 Å². The number of amides is 1. The minimum absolute atomic E-state index is 0.290. The van der Waals surface area contributed by atoms with Crippen LogP contribution in [0.15, 0.2) is 18.3 Å². The van der Waals surface area contributed by atoms with E-state index in [-0.39, 0.29) is 5.69 Å². The lowest BCUT2D eigenvalue weighted by Gasteiger charge is -2.25. The molecule has 0 aromatic carbocycles. The molecule has 5 heteroatoms. The molecule has 0 aliphatic heterocycles. The van der Waals surface area contributed by atoms with Crippen LogP contribution in [0.4, 0.5) is 5.69 Å². The summed E-state index contributed by atoms with van der Waals surface area (Å²) in [4.78, 5) is 17.2. The second-order valence-electron chi connectivity index (χ2n) is 5.53. The topological polar surface area (TPSA) is 71.2 Å².